The van der Waals surface area contributed by atoms with E-state index in [0.29, 0.717) is 11.1 Å². The first kappa shape index (κ1) is 17.1. The predicted molar refractivity (Wildman–Crippen MR) is 98.9 cm³/mol. The number of carbonyl (C=O) groups excluding carboxylic acids is 2. The van der Waals surface area contributed by atoms with Crippen LogP contribution in [0.25, 0.3) is 11.1 Å². The van der Waals surface area contributed by atoms with Crippen LogP contribution in [0.5, 0.6) is 0 Å². The van der Waals surface area contributed by atoms with Crippen molar-refractivity contribution in [2.24, 2.45) is 0 Å². The summed E-state index contributed by atoms with van der Waals surface area (Å²) in [6.07, 6.45) is 0. The van der Waals surface area contributed by atoms with Crippen molar-refractivity contribution in [3.8, 4) is 11.1 Å². The number of anilines is 1. The number of amides is 1. The van der Waals surface area contributed by atoms with Gasteiger partial charge in [0, 0.05) is 16.5 Å². The van der Waals surface area contributed by atoms with Crippen molar-refractivity contribution in [2.75, 3.05) is 5.32 Å². The fourth-order valence-electron chi connectivity index (χ4n) is 3.10. The van der Waals surface area contributed by atoms with E-state index in [0.717, 1.165) is 11.3 Å². The minimum atomic E-state index is -2.84. The number of carbonyl (C=O) groups is 3. The number of hydrogen-bond donors (Lipinski definition) is 2. The molecule has 2 heterocycles. The van der Waals surface area contributed by atoms with Crippen LogP contribution in [-0.4, -0.2) is 22.8 Å². The molecule has 2 aromatic carbocycles. The summed E-state index contributed by atoms with van der Waals surface area (Å²) in [7, 11) is 0. The number of benzene rings is 2. The molecule has 0 fully saturated rings. The SMILES string of the molecule is O=C(O)c1cccc(-c2csc3c2C(=O)C(F)(c2ccccc2)C(=O)N3)c1. The number of ketones is 1. The molecule has 7 heteroatoms. The molecule has 4 rings (SSSR count). The van der Waals surface area contributed by atoms with Crippen LogP contribution < -0.4 is 5.32 Å². The van der Waals surface area contributed by atoms with E-state index in [1.54, 1.807) is 35.7 Å². The fraction of sp³-hybridized carbons (Fsp3) is 0.0500. The molecule has 27 heavy (non-hydrogen) atoms. The Bertz CT molecular complexity index is 1090. The highest BCUT2D eigenvalue weighted by Crippen LogP contribution is 2.45. The number of Topliss-reactive ketones (excluding diaryl/α,β-unsaturated/α-hetero) is 1. The minimum absolute atomic E-state index is 0.0467. The quantitative estimate of drug-likeness (QED) is 0.669. The molecule has 3 aromatic rings. The third-order valence-electron chi connectivity index (χ3n) is 4.46. The number of fused-ring (bicyclic) bond motifs is 1. The molecule has 0 spiro atoms. The third kappa shape index (κ3) is 2.55. The van der Waals surface area contributed by atoms with Crippen molar-refractivity contribution in [3.63, 3.8) is 0 Å². The summed E-state index contributed by atoms with van der Waals surface area (Å²) >= 11 is 1.10. The molecule has 0 saturated carbocycles. The maximum atomic E-state index is 15.7. The minimum Gasteiger partial charge on any atom is -0.478 e. The standard InChI is InChI=1S/C20H12FNO4S/c21-20(13-7-2-1-3-8-13)16(23)15-14(10-27-17(15)22-19(20)26)11-5-4-6-12(9-11)18(24)25/h1-10H,(H,22,26)(H,24,25). The molecule has 1 aliphatic rings. The zero-order chi connectivity index (χ0) is 19.2. The van der Waals surface area contributed by atoms with E-state index in [4.69, 9.17) is 0 Å². The van der Waals surface area contributed by atoms with E-state index in [9.17, 15) is 19.5 Å². The lowest BCUT2D eigenvalue weighted by atomic mass is 9.83. The van der Waals surface area contributed by atoms with E-state index in [-0.39, 0.29) is 21.7 Å². The van der Waals surface area contributed by atoms with Crippen LogP contribution in [0.1, 0.15) is 26.3 Å². The average molecular weight is 381 g/mol. The molecule has 1 amide bonds. The van der Waals surface area contributed by atoms with Gasteiger partial charge in [0.25, 0.3) is 11.6 Å². The van der Waals surface area contributed by atoms with Crippen LogP contribution in [-0.2, 0) is 10.5 Å². The lowest BCUT2D eigenvalue weighted by Gasteiger charge is -2.28. The zero-order valence-electron chi connectivity index (χ0n) is 13.7. The third-order valence-corrected chi connectivity index (χ3v) is 5.36. The number of thiophene rings is 1. The number of carboxylic acid groups (broad SMARTS) is 1. The first-order valence-corrected chi connectivity index (χ1v) is 8.87. The molecule has 0 radical (unpaired) electrons. The molecule has 1 unspecified atom stereocenters. The van der Waals surface area contributed by atoms with E-state index >= 15 is 4.39 Å². The van der Waals surface area contributed by atoms with Gasteiger partial charge in [-0.05, 0) is 17.7 Å². The van der Waals surface area contributed by atoms with E-state index in [1.807, 2.05) is 0 Å². The molecule has 1 atom stereocenters. The summed E-state index contributed by atoms with van der Waals surface area (Å²) in [4.78, 5) is 36.7. The summed E-state index contributed by atoms with van der Waals surface area (Å²) in [5.41, 5.74) is -1.93. The molecular formula is C20H12FNO4S. The van der Waals surface area contributed by atoms with Gasteiger partial charge in [0.2, 0.25) is 5.78 Å². The lowest BCUT2D eigenvalue weighted by molar-refractivity contribution is -0.125. The monoisotopic (exact) mass is 381 g/mol. The highest BCUT2D eigenvalue weighted by molar-refractivity contribution is 7.15. The van der Waals surface area contributed by atoms with Crippen LogP contribution >= 0.6 is 11.3 Å². The van der Waals surface area contributed by atoms with Gasteiger partial charge in [-0.2, -0.15) is 0 Å². The largest absolute Gasteiger partial charge is 0.478 e. The van der Waals surface area contributed by atoms with Gasteiger partial charge in [-0.15, -0.1) is 11.3 Å². The smallest absolute Gasteiger partial charge is 0.335 e. The Hall–Kier alpha value is -3.32. The molecular weight excluding hydrogens is 369 g/mol. The van der Waals surface area contributed by atoms with Gasteiger partial charge < -0.3 is 10.4 Å². The average Bonchev–Trinajstić information content (AvgIpc) is 3.10. The van der Waals surface area contributed by atoms with E-state index in [2.05, 4.69) is 5.32 Å². The molecule has 0 aliphatic carbocycles. The summed E-state index contributed by atoms with van der Waals surface area (Å²) < 4.78 is 15.7. The van der Waals surface area contributed by atoms with Crippen molar-refractivity contribution in [1.82, 2.24) is 0 Å². The van der Waals surface area contributed by atoms with Gasteiger partial charge in [0.05, 0.1) is 11.1 Å². The Balaban J connectivity index is 1.88. The van der Waals surface area contributed by atoms with Crippen LogP contribution in [0.4, 0.5) is 9.39 Å². The number of nitrogens with one attached hydrogen (secondary N) is 1. The number of carboxylic acids is 1. The molecule has 2 N–H and O–H groups in total. The van der Waals surface area contributed by atoms with Gasteiger partial charge in [0.1, 0.15) is 5.00 Å². The van der Waals surface area contributed by atoms with Crippen molar-refractivity contribution in [3.05, 3.63) is 76.7 Å². The predicted octanol–water partition coefficient (Wildman–Crippen LogP) is 4.11. The summed E-state index contributed by atoms with van der Waals surface area (Å²) in [6.45, 7) is 0. The van der Waals surface area contributed by atoms with Gasteiger partial charge in [-0.25, -0.2) is 9.18 Å². The highest BCUT2D eigenvalue weighted by atomic mass is 32.1. The van der Waals surface area contributed by atoms with Crippen molar-refractivity contribution in [1.29, 1.82) is 0 Å². The first-order chi connectivity index (χ1) is 12.9. The number of alkyl halides is 1. The van der Waals surface area contributed by atoms with E-state index < -0.39 is 23.3 Å². The Labute approximate surface area is 157 Å². The number of rotatable bonds is 3. The lowest BCUT2D eigenvalue weighted by Crippen LogP contribution is -2.47. The number of aromatic carboxylic acids is 1. The normalized spacial score (nSPS) is 18.7. The maximum Gasteiger partial charge on any atom is 0.335 e. The highest BCUT2D eigenvalue weighted by Gasteiger charge is 2.53. The van der Waals surface area contributed by atoms with E-state index in [1.165, 1.54) is 24.3 Å². The van der Waals surface area contributed by atoms with Crippen LogP contribution in [0.3, 0.4) is 0 Å². The van der Waals surface area contributed by atoms with Crippen molar-refractivity contribution < 1.29 is 23.9 Å². The molecule has 1 aliphatic heterocycles. The fourth-order valence-corrected chi connectivity index (χ4v) is 4.06. The van der Waals surface area contributed by atoms with Gasteiger partial charge in [-0.1, -0.05) is 42.5 Å². The molecule has 134 valence electrons. The second-order valence-corrected chi connectivity index (χ2v) is 6.93. The van der Waals surface area contributed by atoms with Crippen molar-refractivity contribution in [2.45, 2.75) is 5.67 Å². The topological polar surface area (TPSA) is 83.5 Å². The Morgan fingerprint density at radius 2 is 1.81 bits per heavy atom. The molecule has 0 bridgehead atoms. The molecule has 5 nitrogen and oxygen atoms in total. The first-order valence-electron chi connectivity index (χ1n) is 7.99. The van der Waals surface area contributed by atoms with Crippen LogP contribution in [0.15, 0.2) is 60.0 Å². The summed E-state index contributed by atoms with van der Waals surface area (Å²) in [6, 6.07) is 13.6. The number of hydrogen-bond acceptors (Lipinski definition) is 4. The molecule has 0 saturated heterocycles. The van der Waals surface area contributed by atoms with Crippen LogP contribution in [0, 0.1) is 0 Å². The Kier molecular flexibility index (Phi) is 3.89. The second-order valence-electron chi connectivity index (χ2n) is 6.05. The summed E-state index contributed by atoms with van der Waals surface area (Å²) in [5, 5.41) is 13.5. The zero-order valence-corrected chi connectivity index (χ0v) is 14.5. The summed E-state index contributed by atoms with van der Waals surface area (Å²) in [5.74, 6) is -3.09. The van der Waals surface area contributed by atoms with Gasteiger partial charge in [-0.3, -0.25) is 9.59 Å². The maximum absolute atomic E-state index is 15.7. The van der Waals surface area contributed by atoms with Crippen molar-refractivity contribution >= 4 is 34.0 Å². The number of halogens is 1. The van der Waals surface area contributed by atoms with Gasteiger partial charge >= 0.3 is 5.97 Å². The Morgan fingerprint density at radius 1 is 1.07 bits per heavy atom. The van der Waals surface area contributed by atoms with Crippen LogP contribution in [0.2, 0.25) is 0 Å². The second kappa shape index (κ2) is 6.14. The Morgan fingerprint density at radius 3 is 2.52 bits per heavy atom. The van der Waals surface area contributed by atoms with Gasteiger partial charge in [0.15, 0.2) is 0 Å². The molecule has 1 aromatic heterocycles.